The molecular formula is C56H78Cl2N2O14. The first-order valence-corrected chi connectivity index (χ1v) is 24.9. The summed E-state index contributed by atoms with van der Waals surface area (Å²) in [5.74, 6) is 5.72. The second-order valence-corrected chi connectivity index (χ2v) is 19.0. The Kier molecular flexibility index (Phi) is 23.3. The van der Waals surface area contributed by atoms with Gasteiger partial charge in [0.1, 0.15) is 12.1 Å². The van der Waals surface area contributed by atoms with Crippen molar-refractivity contribution >= 4 is 11.9 Å². The van der Waals surface area contributed by atoms with Gasteiger partial charge >= 0.3 is 11.9 Å². The van der Waals surface area contributed by atoms with Crippen LogP contribution in [0.3, 0.4) is 0 Å². The van der Waals surface area contributed by atoms with Crippen LogP contribution in [0.25, 0.3) is 0 Å². The molecule has 0 aromatic heterocycles. The number of benzene rings is 4. The van der Waals surface area contributed by atoms with Gasteiger partial charge in [-0.3, -0.25) is 9.59 Å². The second-order valence-electron chi connectivity index (χ2n) is 19.0. The molecule has 2 aliphatic heterocycles. The number of ether oxygens (including phenoxy) is 12. The van der Waals surface area contributed by atoms with Gasteiger partial charge in [0.15, 0.2) is 46.0 Å². The van der Waals surface area contributed by atoms with Crippen molar-refractivity contribution in [1.82, 2.24) is 0 Å². The number of rotatable bonds is 27. The summed E-state index contributed by atoms with van der Waals surface area (Å²) in [4.78, 5) is 25.8. The molecule has 0 N–H and O–H groups in total. The fourth-order valence-electron chi connectivity index (χ4n) is 10.8. The lowest BCUT2D eigenvalue weighted by atomic mass is 9.85. The maximum Gasteiger partial charge on any atom is 0.305 e. The van der Waals surface area contributed by atoms with Crippen molar-refractivity contribution in [2.75, 3.05) is 125 Å². The molecule has 0 saturated carbocycles. The number of carbonyl (C=O) groups excluding carboxylic acids is 2. The van der Waals surface area contributed by atoms with Gasteiger partial charge in [-0.2, -0.15) is 0 Å². The molecular weight excluding hydrogens is 996 g/mol. The number of carbonyl (C=O) groups is 2. The molecule has 2 aliphatic rings. The first kappa shape index (κ1) is 60.9. The van der Waals surface area contributed by atoms with Crippen molar-refractivity contribution in [2.45, 2.75) is 76.3 Å². The minimum Gasteiger partial charge on any atom is -1.00 e. The van der Waals surface area contributed by atoms with Crippen LogP contribution in [0, 0.1) is 0 Å². The van der Waals surface area contributed by atoms with E-state index in [1.807, 2.05) is 24.3 Å². The monoisotopic (exact) mass is 1070 g/mol. The molecule has 0 aliphatic carbocycles. The Balaban J connectivity index is 0.00000593. The van der Waals surface area contributed by atoms with Crippen LogP contribution >= 0.6 is 0 Å². The summed E-state index contributed by atoms with van der Waals surface area (Å²) in [6.45, 7) is 3.91. The first-order chi connectivity index (χ1) is 34.8. The number of halogens is 2. The number of esters is 2. The van der Waals surface area contributed by atoms with E-state index in [1.165, 1.54) is 16.7 Å². The SMILES string of the molecule is COc1cc2c(cc1OC)[C@H](c1cc(OC)c(OC)c(OC)c1)[N@@+](C)(CCCOC(=O)CCCCCC(=O)OCCC[N@+]1(C)CCc3cc(OC)c(OC)cc3[C@H]1Cc1cc(OC)c(OC)c(OC)c1)CC2.[Cl-].[Cl-]. The largest absolute Gasteiger partial charge is 1.00 e. The van der Waals surface area contributed by atoms with E-state index in [4.69, 9.17) is 56.8 Å². The van der Waals surface area contributed by atoms with Crippen LogP contribution in [-0.4, -0.2) is 145 Å². The quantitative estimate of drug-likeness (QED) is 0.0491. The Morgan fingerprint density at radius 2 is 0.851 bits per heavy atom. The lowest BCUT2D eigenvalue weighted by molar-refractivity contribution is -0.941. The van der Waals surface area contributed by atoms with Gasteiger partial charge in [-0.15, -0.1) is 0 Å². The van der Waals surface area contributed by atoms with Crippen LogP contribution in [0.5, 0.6) is 57.5 Å². The Hall–Kier alpha value is -5.68. The molecule has 16 nitrogen and oxygen atoms in total. The Morgan fingerprint density at radius 3 is 1.30 bits per heavy atom. The summed E-state index contributed by atoms with van der Waals surface area (Å²) < 4.78 is 70.0. The number of hydrogen-bond donors (Lipinski definition) is 0. The van der Waals surface area contributed by atoms with Gasteiger partial charge in [0.25, 0.3) is 0 Å². The molecule has 0 radical (unpaired) electrons. The van der Waals surface area contributed by atoms with Crippen LogP contribution in [0.4, 0.5) is 0 Å². The topological polar surface area (TPSA) is 145 Å². The highest BCUT2D eigenvalue weighted by Gasteiger charge is 2.43. The molecule has 0 spiro atoms. The molecule has 0 bridgehead atoms. The Bertz CT molecular complexity index is 2440. The van der Waals surface area contributed by atoms with E-state index in [2.05, 4.69) is 38.4 Å². The van der Waals surface area contributed by atoms with Crippen molar-refractivity contribution in [3.8, 4) is 57.5 Å². The zero-order chi connectivity index (χ0) is 52.0. The van der Waals surface area contributed by atoms with Gasteiger partial charge < -0.3 is 90.6 Å². The molecule has 4 atom stereocenters. The number of unbranched alkanes of at least 4 members (excludes halogenated alkanes) is 2. The average molecular weight is 1070 g/mol. The number of fused-ring (bicyclic) bond motifs is 2. The maximum atomic E-state index is 12.9. The van der Waals surface area contributed by atoms with Crippen molar-refractivity contribution in [1.29, 1.82) is 0 Å². The number of likely N-dealkylation sites (N-methyl/N-ethyl adjacent to an activating group) is 2. The summed E-state index contributed by atoms with van der Waals surface area (Å²) >= 11 is 0. The molecule has 0 unspecified atom stereocenters. The van der Waals surface area contributed by atoms with E-state index < -0.39 is 0 Å². The summed E-state index contributed by atoms with van der Waals surface area (Å²) in [5, 5.41) is 0. The van der Waals surface area contributed by atoms with Crippen molar-refractivity contribution in [3.05, 3.63) is 81.9 Å². The Labute approximate surface area is 450 Å². The number of quaternary nitrogens is 2. The molecule has 74 heavy (non-hydrogen) atoms. The third-order valence-electron chi connectivity index (χ3n) is 14.7. The minimum atomic E-state index is -0.236. The zero-order valence-corrected chi connectivity index (χ0v) is 47.0. The number of methoxy groups -OCH3 is 10. The molecule has 0 fully saturated rings. The van der Waals surface area contributed by atoms with Crippen molar-refractivity contribution < 1.29 is 100 Å². The van der Waals surface area contributed by atoms with Gasteiger partial charge in [0.2, 0.25) is 11.5 Å². The molecule has 4 aromatic rings. The van der Waals surface area contributed by atoms with E-state index >= 15 is 0 Å². The van der Waals surface area contributed by atoms with Gasteiger partial charge in [-0.05, 0) is 78.1 Å². The van der Waals surface area contributed by atoms with Crippen LogP contribution in [-0.2, 0) is 38.3 Å². The lowest BCUT2D eigenvalue weighted by Gasteiger charge is -2.46. The van der Waals surface area contributed by atoms with Crippen molar-refractivity contribution in [2.24, 2.45) is 0 Å². The van der Waals surface area contributed by atoms with E-state index in [0.29, 0.717) is 127 Å². The molecule has 0 amide bonds. The van der Waals surface area contributed by atoms with Gasteiger partial charge in [0.05, 0.1) is 125 Å². The number of hydrogen-bond acceptors (Lipinski definition) is 14. The van der Waals surface area contributed by atoms with Gasteiger partial charge in [-0.1, -0.05) is 6.42 Å². The summed E-state index contributed by atoms with van der Waals surface area (Å²) in [5.41, 5.74) is 6.77. The van der Waals surface area contributed by atoms with Gasteiger partial charge in [0, 0.05) is 61.6 Å². The zero-order valence-electron chi connectivity index (χ0n) is 45.5. The highest BCUT2D eigenvalue weighted by molar-refractivity contribution is 5.70. The third-order valence-corrected chi connectivity index (χ3v) is 14.7. The molecule has 4 aromatic carbocycles. The van der Waals surface area contributed by atoms with Crippen LogP contribution in [0.1, 0.15) is 90.4 Å². The molecule has 410 valence electrons. The fraction of sp³-hybridized carbons (Fsp3) is 0.536. The predicted molar refractivity (Wildman–Crippen MR) is 273 cm³/mol. The highest BCUT2D eigenvalue weighted by Crippen LogP contribution is 2.49. The summed E-state index contributed by atoms with van der Waals surface area (Å²) in [6.07, 6.45) is 6.33. The standard InChI is InChI=1S/C56H78N2O14.2ClH/c1-57(24-20-38-31-44(61-3)46(63-5)35-41(38)43(57)28-37-29-48(65-7)55(69-11)49(30-37)66-8)22-16-26-71-52(59)18-14-13-15-19-53(60)72-27-17-23-58(2)25-21-39-32-45(62-4)47(64-6)36-42(39)54(58)40-33-50(67-9)56(70-12)51(34-40)68-10;;/h29-36,43,54H,13-28H2,1-12H3;2*1H/q+2;;/p-2/t43-,54+,57-,58+;;/m1../s1. The summed E-state index contributed by atoms with van der Waals surface area (Å²) in [6, 6.07) is 16.3. The highest BCUT2D eigenvalue weighted by atomic mass is 35.5. The van der Waals surface area contributed by atoms with E-state index in [1.54, 1.807) is 71.1 Å². The molecule has 0 saturated heterocycles. The molecule has 6 rings (SSSR count). The number of nitrogens with zero attached hydrogens (tertiary/aromatic N) is 2. The fourth-order valence-corrected chi connectivity index (χ4v) is 10.8. The first-order valence-electron chi connectivity index (χ1n) is 24.9. The smallest absolute Gasteiger partial charge is 0.305 e. The average Bonchev–Trinajstić information content (AvgIpc) is 3.40. The van der Waals surface area contributed by atoms with Gasteiger partial charge in [-0.25, -0.2) is 0 Å². The van der Waals surface area contributed by atoms with E-state index in [-0.39, 0.29) is 48.8 Å². The molecule has 18 heteroatoms. The maximum absolute atomic E-state index is 12.9. The lowest BCUT2D eigenvalue weighted by Crippen LogP contribution is -3.00. The second kappa shape index (κ2) is 28.3. The third kappa shape index (κ3) is 14.0. The predicted octanol–water partition coefficient (Wildman–Crippen LogP) is 2.68. The normalized spacial score (nSPS) is 18.4. The van der Waals surface area contributed by atoms with Crippen LogP contribution in [0.2, 0.25) is 0 Å². The van der Waals surface area contributed by atoms with Crippen LogP contribution < -0.4 is 72.2 Å². The van der Waals surface area contributed by atoms with Crippen LogP contribution in [0.15, 0.2) is 48.5 Å². The van der Waals surface area contributed by atoms with E-state index in [0.717, 1.165) is 60.2 Å². The Morgan fingerprint density at radius 1 is 0.459 bits per heavy atom. The summed E-state index contributed by atoms with van der Waals surface area (Å²) in [7, 11) is 20.8. The molecule has 2 heterocycles. The minimum absolute atomic E-state index is 0. The van der Waals surface area contributed by atoms with E-state index in [9.17, 15) is 9.59 Å². The van der Waals surface area contributed by atoms with Crippen molar-refractivity contribution in [3.63, 3.8) is 0 Å².